The fourth-order valence-corrected chi connectivity index (χ4v) is 6.30. The number of fused-ring (bicyclic) bond motifs is 2. The van der Waals surface area contributed by atoms with E-state index >= 15 is 0 Å². The van der Waals surface area contributed by atoms with E-state index < -0.39 is 0 Å². The minimum atomic E-state index is 1.19. The maximum atomic E-state index is 2.45. The van der Waals surface area contributed by atoms with E-state index in [-0.39, 0.29) is 0 Å². The van der Waals surface area contributed by atoms with Gasteiger partial charge in [0.05, 0.1) is 0 Å². The number of unbranched alkanes of at least 4 members (excludes halogenated alkanes) is 4. The third kappa shape index (κ3) is 6.68. The van der Waals surface area contributed by atoms with Gasteiger partial charge in [0.2, 0.25) is 0 Å². The summed E-state index contributed by atoms with van der Waals surface area (Å²) in [5.74, 6) is 3.18. The molecule has 0 N–H and O–H groups in total. The highest BCUT2D eigenvalue weighted by molar-refractivity contribution is 5.74. The van der Waals surface area contributed by atoms with Crippen molar-refractivity contribution in [2.45, 2.75) is 124 Å². The predicted molar refractivity (Wildman–Crippen MR) is 164 cm³/mol. The van der Waals surface area contributed by atoms with Crippen molar-refractivity contribution in [1.82, 2.24) is 0 Å². The molecule has 0 heterocycles. The number of aryl methyl sites for hydroxylation is 4. The highest BCUT2D eigenvalue weighted by atomic mass is 14.3. The molecule has 2 aliphatic carbocycles. The molecule has 2 aromatic rings. The van der Waals surface area contributed by atoms with Gasteiger partial charge in [-0.05, 0) is 109 Å². The minimum absolute atomic E-state index is 1.19. The summed E-state index contributed by atoms with van der Waals surface area (Å²) in [5, 5.41) is 0. The van der Waals surface area contributed by atoms with Crippen LogP contribution in [0.4, 0.5) is 0 Å². The summed E-state index contributed by atoms with van der Waals surface area (Å²) in [6, 6.07) is 9.76. The summed E-state index contributed by atoms with van der Waals surface area (Å²) in [6.07, 6.45) is 28.4. The summed E-state index contributed by atoms with van der Waals surface area (Å²) in [6.45, 7) is 9.23. The molecule has 0 nitrogen and oxygen atoms in total. The van der Waals surface area contributed by atoms with Gasteiger partial charge in [-0.1, -0.05) is 108 Å². The van der Waals surface area contributed by atoms with Gasteiger partial charge in [0, 0.05) is 11.8 Å². The summed E-state index contributed by atoms with van der Waals surface area (Å²) in [7, 11) is 0. The first-order chi connectivity index (χ1) is 18.2. The van der Waals surface area contributed by atoms with E-state index in [0.29, 0.717) is 0 Å². The topological polar surface area (TPSA) is 0 Å². The van der Waals surface area contributed by atoms with Crippen LogP contribution in [0.2, 0.25) is 0 Å². The van der Waals surface area contributed by atoms with Gasteiger partial charge in [-0.2, -0.15) is 0 Å². The first-order valence-corrected chi connectivity index (χ1v) is 15.6. The number of benzene rings is 2. The van der Waals surface area contributed by atoms with Gasteiger partial charge in [0.1, 0.15) is 0 Å². The summed E-state index contributed by atoms with van der Waals surface area (Å²) >= 11 is 0. The fraction of sp³-hybridized carbons (Fsp3) is 0.514. The van der Waals surface area contributed by atoms with Crippen LogP contribution >= 0.6 is 0 Å². The van der Waals surface area contributed by atoms with Crippen LogP contribution in [0.15, 0.2) is 36.4 Å². The standard InChI is InChI=1S/C37H50/c1-5-9-14-28-20-22-30(16-11-7-3)36-32(24-26-34(28)36)18-13-19-33-25-27-35-29(15-10-6-2)21-23-31(37(33)35)17-12-8-4/h20-27H,5-19H2,1-4H3. The van der Waals surface area contributed by atoms with Crippen molar-refractivity contribution in [2.24, 2.45) is 0 Å². The van der Waals surface area contributed by atoms with E-state index in [9.17, 15) is 0 Å². The van der Waals surface area contributed by atoms with E-state index in [0.717, 1.165) is 0 Å². The molecule has 0 saturated heterocycles. The Morgan fingerprint density at radius 3 is 1.11 bits per heavy atom. The first kappa shape index (κ1) is 27.9. The monoisotopic (exact) mass is 494 g/mol. The van der Waals surface area contributed by atoms with Crippen molar-refractivity contribution in [3.8, 4) is 0 Å². The first-order valence-electron chi connectivity index (χ1n) is 15.6. The van der Waals surface area contributed by atoms with E-state index in [1.807, 2.05) is 0 Å². The van der Waals surface area contributed by atoms with Gasteiger partial charge < -0.3 is 0 Å². The number of allylic oxidation sites excluding steroid dienone is 2. The lowest BCUT2D eigenvalue weighted by Crippen LogP contribution is -2.06. The lowest BCUT2D eigenvalue weighted by atomic mass is 9.84. The molecule has 2 radical (unpaired) electrons. The van der Waals surface area contributed by atoms with Crippen molar-refractivity contribution in [1.29, 1.82) is 0 Å². The number of hydrogen-bond donors (Lipinski definition) is 0. The van der Waals surface area contributed by atoms with Crippen molar-refractivity contribution in [2.75, 3.05) is 0 Å². The molecule has 0 fully saturated rings. The van der Waals surface area contributed by atoms with Gasteiger partial charge >= 0.3 is 0 Å². The minimum Gasteiger partial charge on any atom is -0.0721 e. The molecule has 4 rings (SSSR count). The molecule has 0 amide bonds. The van der Waals surface area contributed by atoms with Gasteiger partial charge in [-0.15, -0.1) is 0 Å². The maximum absolute atomic E-state index is 2.45. The second kappa shape index (κ2) is 14.2. The normalized spacial score (nSPS) is 14.6. The van der Waals surface area contributed by atoms with E-state index in [1.54, 1.807) is 56.3 Å². The molecule has 0 saturated carbocycles. The van der Waals surface area contributed by atoms with Crippen LogP contribution in [-0.4, -0.2) is 0 Å². The molecular formula is C37H50. The van der Waals surface area contributed by atoms with Crippen molar-refractivity contribution < 1.29 is 0 Å². The van der Waals surface area contributed by atoms with Gasteiger partial charge in [0.25, 0.3) is 0 Å². The molecule has 0 heteroatoms. The lowest BCUT2D eigenvalue weighted by Gasteiger charge is -2.20. The Balaban J connectivity index is 1.48. The Labute approximate surface area is 228 Å². The molecular weight excluding hydrogens is 444 g/mol. The molecule has 0 bridgehead atoms. The van der Waals surface area contributed by atoms with E-state index in [4.69, 9.17) is 0 Å². The van der Waals surface area contributed by atoms with Crippen LogP contribution in [0.1, 0.15) is 143 Å². The quantitative estimate of drug-likeness (QED) is 0.218. The molecule has 37 heavy (non-hydrogen) atoms. The Hall–Kier alpha value is -2.08. The molecule has 0 atom stereocenters. The average Bonchev–Trinajstić information content (AvgIpc) is 3.54. The number of rotatable bonds is 16. The fourth-order valence-electron chi connectivity index (χ4n) is 6.30. The molecule has 0 aromatic heterocycles. The van der Waals surface area contributed by atoms with Crippen LogP contribution < -0.4 is 0 Å². The molecule has 0 spiro atoms. The molecule has 0 unspecified atom stereocenters. The lowest BCUT2D eigenvalue weighted by molar-refractivity contribution is 0.737. The second-order valence-electron chi connectivity index (χ2n) is 11.3. The maximum Gasteiger partial charge on any atom is 0.0276 e. The van der Waals surface area contributed by atoms with Crippen LogP contribution in [-0.2, 0) is 25.7 Å². The van der Waals surface area contributed by atoms with Gasteiger partial charge in [-0.3, -0.25) is 0 Å². The van der Waals surface area contributed by atoms with Gasteiger partial charge in [0.15, 0.2) is 0 Å². The third-order valence-corrected chi connectivity index (χ3v) is 8.48. The third-order valence-electron chi connectivity index (χ3n) is 8.48. The Morgan fingerprint density at radius 1 is 0.378 bits per heavy atom. The summed E-state index contributed by atoms with van der Waals surface area (Å²) in [4.78, 5) is 0. The number of hydrogen-bond acceptors (Lipinski definition) is 0. The second-order valence-corrected chi connectivity index (χ2v) is 11.3. The van der Waals surface area contributed by atoms with Crippen LogP contribution in [0, 0.1) is 11.8 Å². The van der Waals surface area contributed by atoms with Crippen LogP contribution in [0.5, 0.6) is 0 Å². The largest absolute Gasteiger partial charge is 0.0721 e. The molecule has 0 aliphatic heterocycles. The van der Waals surface area contributed by atoms with Crippen molar-refractivity contribution in [3.63, 3.8) is 0 Å². The zero-order chi connectivity index (χ0) is 26.0. The van der Waals surface area contributed by atoms with E-state index in [2.05, 4.69) is 76.3 Å². The Bertz CT molecular complexity index is 980. The zero-order valence-corrected chi connectivity index (χ0v) is 24.2. The summed E-state index contributed by atoms with van der Waals surface area (Å²) in [5.41, 5.74) is 12.6. The predicted octanol–water partition coefficient (Wildman–Crippen LogP) is 10.8. The van der Waals surface area contributed by atoms with E-state index in [1.165, 1.54) is 96.3 Å². The Morgan fingerprint density at radius 2 is 0.730 bits per heavy atom. The summed E-state index contributed by atoms with van der Waals surface area (Å²) < 4.78 is 0. The molecule has 198 valence electrons. The zero-order valence-electron chi connectivity index (χ0n) is 24.2. The molecule has 2 aliphatic rings. The SMILES string of the molecule is CCCCc1ccc(CCCC)c2c1C=C[C]2CCC[C]1C=Cc2c(CCCC)ccc(CCCC)c21. The van der Waals surface area contributed by atoms with Crippen molar-refractivity contribution >= 4 is 12.2 Å². The van der Waals surface area contributed by atoms with Gasteiger partial charge in [-0.25, -0.2) is 0 Å². The molecule has 2 aromatic carbocycles. The Kier molecular flexibility index (Phi) is 10.7. The highest BCUT2D eigenvalue weighted by Gasteiger charge is 2.26. The van der Waals surface area contributed by atoms with Crippen LogP contribution in [0.25, 0.3) is 12.2 Å². The smallest absolute Gasteiger partial charge is 0.0276 e. The highest BCUT2D eigenvalue weighted by Crippen LogP contribution is 2.42. The average molecular weight is 495 g/mol. The van der Waals surface area contributed by atoms with Crippen molar-refractivity contribution in [3.05, 3.63) is 92.8 Å². The van der Waals surface area contributed by atoms with Crippen LogP contribution in [0.3, 0.4) is 0 Å².